The third-order valence-electron chi connectivity index (χ3n) is 4.03. The minimum atomic E-state index is -0.914. The van der Waals surface area contributed by atoms with Crippen LogP contribution in [0.3, 0.4) is 0 Å². The molecule has 25 heavy (non-hydrogen) atoms. The molecule has 4 heteroatoms. The summed E-state index contributed by atoms with van der Waals surface area (Å²) in [4.78, 5) is 11.1. The average molecular weight is 335 g/mol. The van der Waals surface area contributed by atoms with Crippen molar-refractivity contribution in [3.05, 3.63) is 72.3 Å². The molecular weight excluding hydrogens is 314 g/mol. The smallest absolute Gasteiger partial charge is 0.337 e. The summed E-state index contributed by atoms with van der Waals surface area (Å²) in [7, 11) is 0. The number of hydrogen-bond donors (Lipinski definition) is 2. The average Bonchev–Trinajstić information content (AvgIpc) is 2.64. The van der Waals surface area contributed by atoms with Crippen LogP contribution in [0.2, 0.25) is 0 Å². The molecule has 3 aromatic carbocycles. The number of rotatable bonds is 8. The van der Waals surface area contributed by atoms with E-state index in [1.165, 1.54) is 10.8 Å². The molecule has 0 saturated heterocycles. The van der Waals surface area contributed by atoms with Crippen molar-refractivity contribution in [3.8, 4) is 5.75 Å². The highest BCUT2D eigenvalue weighted by Gasteiger charge is 2.07. The van der Waals surface area contributed by atoms with E-state index in [1.54, 1.807) is 18.2 Å². The van der Waals surface area contributed by atoms with Crippen LogP contribution >= 0.6 is 0 Å². The summed E-state index contributed by atoms with van der Waals surface area (Å²) in [6.45, 7) is 1.35. The first kappa shape index (κ1) is 16.8. The number of fused-ring (bicyclic) bond motifs is 1. The zero-order valence-electron chi connectivity index (χ0n) is 13.9. The molecule has 4 nitrogen and oxygen atoms in total. The summed E-state index contributed by atoms with van der Waals surface area (Å²) in [5.74, 6) is -0.0365. The fourth-order valence-corrected chi connectivity index (χ4v) is 2.72. The lowest BCUT2D eigenvalue weighted by molar-refractivity contribution is 0.0698. The van der Waals surface area contributed by atoms with E-state index in [4.69, 9.17) is 9.84 Å². The highest BCUT2D eigenvalue weighted by Crippen LogP contribution is 2.20. The van der Waals surface area contributed by atoms with Crippen LogP contribution in [0, 0.1) is 0 Å². The fraction of sp³-hybridized carbons (Fsp3) is 0.190. The van der Waals surface area contributed by atoms with Crippen LogP contribution in [0.25, 0.3) is 10.8 Å². The lowest BCUT2D eigenvalue weighted by atomic mass is 10.1. The lowest BCUT2D eigenvalue weighted by Crippen LogP contribution is -2.08. The summed E-state index contributed by atoms with van der Waals surface area (Å²) in [5.41, 5.74) is 0.959. The van der Waals surface area contributed by atoms with E-state index in [1.807, 2.05) is 24.3 Å². The first-order valence-electron chi connectivity index (χ1n) is 8.42. The number of carboxylic acids is 1. The van der Waals surface area contributed by atoms with Gasteiger partial charge in [0.2, 0.25) is 0 Å². The maximum atomic E-state index is 11.1. The lowest BCUT2D eigenvalue weighted by Gasteiger charge is -2.10. The largest absolute Gasteiger partial charge is 0.494 e. The van der Waals surface area contributed by atoms with Crippen LogP contribution in [0.1, 0.15) is 23.2 Å². The van der Waals surface area contributed by atoms with Gasteiger partial charge in [0.05, 0.1) is 12.2 Å². The molecule has 0 aromatic heterocycles. The molecule has 0 aliphatic rings. The molecule has 0 atom stereocenters. The molecular formula is C21H21NO3. The number of ether oxygens (including phenoxy) is 1. The topological polar surface area (TPSA) is 58.6 Å². The Balaban J connectivity index is 1.42. The zero-order valence-corrected chi connectivity index (χ0v) is 13.9. The first-order chi connectivity index (χ1) is 12.2. The van der Waals surface area contributed by atoms with Gasteiger partial charge in [-0.05, 0) is 47.9 Å². The molecule has 0 bridgehead atoms. The Kier molecular flexibility index (Phi) is 5.52. The summed E-state index contributed by atoms with van der Waals surface area (Å²) in [6, 6.07) is 21.3. The molecule has 0 amide bonds. The van der Waals surface area contributed by atoms with Gasteiger partial charge in [-0.15, -0.1) is 0 Å². The molecule has 0 radical (unpaired) electrons. The normalized spacial score (nSPS) is 10.6. The Labute approximate surface area is 147 Å². The van der Waals surface area contributed by atoms with E-state index in [0.717, 1.165) is 18.6 Å². The van der Waals surface area contributed by atoms with Crippen LogP contribution in [0.15, 0.2) is 66.7 Å². The summed E-state index contributed by atoms with van der Waals surface area (Å²) in [5, 5.41) is 14.7. The van der Waals surface area contributed by atoms with Gasteiger partial charge in [-0.3, -0.25) is 0 Å². The number of anilines is 1. The van der Waals surface area contributed by atoms with E-state index in [0.29, 0.717) is 24.4 Å². The van der Waals surface area contributed by atoms with Crippen molar-refractivity contribution in [3.63, 3.8) is 0 Å². The predicted octanol–water partition coefficient (Wildman–Crippen LogP) is 4.81. The molecule has 2 N–H and O–H groups in total. The predicted molar refractivity (Wildman–Crippen MR) is 101 cm³/mol. The van der Waals surface area contributed by atoms with Crippen molar-refractivity contribution in [2.24, 2.45) is 0 Å². The molecule has 3 rings (SSSR count). The molecule has 0 heterocycles. The molecule has 128 valence electrons. The Morgan fingerprint density at radius 2 is 1.68 bits per heavy atom. The molecule has 0 spiro atoms. The maximum absolute atomic E-state index is 11.1. The highest BCUT2D eigenvalue weighted by molar-refractivity contribution is 5.94. The van der Waals surface area contributed by atoms with E-state index >= 15 is 0 Å². The summed E-state index contributed by atoms with van der Waals surface area (Å²) in [6.07, 6.45) is 1.80. The highest BCUT2D eigenvalue weighted by atomic mass is 16.5. The van der Waals surface area contributed by atoms with Gasteiger partial charge in [0.1, 0.15) is 5.75 Å². The number of hydrogen-bond acceptors (Lipinski definition) is 3. The third kappa shape index (κ3) is 4.51. The van der Waals surface area contributed by atoms with Crippen molar-refractivity contribution in [1.29, 1.82) is 0 Å². The van der Waals surface area contributed by atoms with Crippen LogP contribution in [0.4, 0.5) is 5.69 Å². The number of benzene rings is 3. The van der Waals surface area contributed by atoms with Gasteiger partial charge < -0.3 is 15.2 Å². The number of para-hydroxylation sites is 1. The van der Waals surface area contributed by atoms with E-state index < -0.39 is 5.97 Å². The monoisotopic (exact) mass is 335 g/mol. The van der Waals surface area contributed by atoms with Gasteiger partial charge in [0, 0.05) is 12.2 Å². The van der Waals surface area contributed by atoms with Gasteiger partial charge in [-0.1, -0.05) is 42.5 Å². The third-order valence-corrected chi connectivity index (χ3v) is 4.03. The van der Waals surface area contributed by atoms with Gasteiger partial charge in [-0.25, -0.2) is 4.79 Å². The first-order valence-corrected chi connectivity index (χ1v) is 8.42. The Morgan fingerprint density at radius 3 is 2.52 bits per heavy atom. The second kappa shape index (κ2) is 8.20. The number of carboxylic acid groups (broad SMARTS) is 1. The van der Waals surface area contributed by atoms with Crippen LogP contribution in [-0.2, 0) is 0 Å². The SMILES string of the molecule is O=C(O)c1ccccc1NCCCCOc1ccc2ccccc2c1. The van der Waals surface area contributed by atoms with Gasteiger partial charge >= 0.3 is 5.97 Å². The minimum absolute atomic E-state index is 0.301. The van der Waals surface area contributed by atoms with Crippen molar-refractivity contribution < 1.29 is 14.6 Å². The molecule has 0 aliphatic heterocycles. The molecule has 0 unspecified atom stereocenters. The van der Waals surface area contributed by atoms with Crippen molar-refractivity contribution in [2.75, 3.05) is 18.5 Å². The standard InChI is InChI=1S/C21H21NO3/c23-21(24)19-9-3-4-10-20(19)22-13-5-6-14-25-18-12-11-16-7-1-2-8-17(16)15-18/h1-4,7-12,15,22H,5-6,13-14H2,(H,23,24). The molecule has 0 fully saturated rings. The fourth-order valence-electron chi connectivity index (χ4n) is 2.72. The van der Waals surface area contributed by atoms with Crippen LogP contribution < -0.4 is 10.1 Å². The molecule has 0 saturated carbocycles. The van der Waals surface area contributed by atoms with Crippen molar-refractivity contribution in [2.45, 2.75) is 12.8 Å². The minimum Gasteiger partial charge on any atom is -0.494 e. The Hall–Kier alpha value is -3.01. The molecule has 3 aromatic rings. The zero-order chi connectivity index (χ0) is 17.5. The van der Waals surface area contributed by atoms with Crippen molar-refractivity contribution in [1.82, 2.24) is 0 Å². The number of carbonyl (C=O) groups is 1. The summed E-state index contributed by atoms with van der Waals surface area (Å²) >= 11 is 0. The van der Waals surface area contributed by atoms with Gasteiger partial charge in [0.15, 0.2) is 0 Å². The second-order valence-corrected chi connectivity index (χ2v) is 5.84. The maximum Gasteiger partial charge on any atom is 0.337 e. The quantitative estimate of drug-likeness (QED) is 0.580. The van der Waals surface area contributed by atoms with E-state index in [-0.39, 0.29) is 0 Å². The van der Waals surface area contributed by atoms with Gasteiger partial charge in [0.25, 0.3) is 0 Å². The number of unbranched alkanes of at least 4 members (excludes halogenated alkanes) is 1. The number of nitrogens with one attached hydrogen (secondary N) is 1. The summed E-state index contributed by atoms with van der Waals surface area (Å²) < 4.78 is 5.81. The van der Waals surface area contributed by atoms with E-state index in [2.05, 4.69) is 29.6 Å². The Morgan fingerprint density at radius 1 is 0.920 bits per heavy atom. The second-order valence-electron chi connectivity index (χ2n) is 5.84. The molecule has 0 aliphatic carbocycles. The van der Waals surface area contributed by atoms with Crippen LogP contribution in [0.5, 0.6) is 5.75 Å². The van der Waals surface area contributed by atoms with Gasteiger partial charge in [-0.2, -0.15) is 0 Å². The number of aromatic carboxylic acids is 1. The van der Waals surface area contributed by atoms with Crippen molar-refractivity contribution >= 4 is 22.4 Å². The Bertz CT molecular complexity index is 860. The van der Waals surface area contributed by atoms with Crippen LogP contribution in [-0.4, -0.2) is 24.2 Å². The van der Waals surface area contributed by atoms with E-state index in [9.17, 15) is 4.79 Å².